The van der Waals surface area contributed by atoms with Gasteiger partial charge in [-0.3, -0.25) is 5.26 Å². The number of hydrogen-bond donors (Lipinski definition) is 1. The van der Waals surface area contributed by atoms with E-state index < -0.39 is 0 Å². The Bertz CT molecular complexity index is 211. The molecule has 0 spiro atoms. The van der Waals surface area contributed by atoms with E-state index in [0.717, 1.165) is 18.6 Å². The molecular weight excluding hydrogens is 168 g/mol. The standard InChI is InChI=1S/C10H14O3/c11-13-9-5-4-8-12-10-6-2-1-3-7-10/h1-3,6-7,11H,4-5,8-9H2. The Labute approximate surface area is 77.8 Å². The summed E-state index contributed by atoms with van der Waals surface area (Å²) in [5.74, 6) is 0.882. The van der Waals surface area contributed by atoms with E-state index in [1.54, 1.807) is 0 Å². The van der Waals surface area contributed by atoms with Gasteiger partial charge >= 0.3 is 0 Å². The van der Waals surface area contributed by atoms with Gasteiger partial charge in [0.15, 0.2) is 0 Å². The summed E-state index contributed by atoms with van der Waals surface area (Å²) >= 11 is 0. The van der Waals surface area contributed by atoms with Gasteiger partial charge in [0, 0.05) is 0 Å². The van der Waals surface area contributed by atoms with Gasteiger partial charge in [-0.05, 0) is 25.0 Å². The van der Waals surface area contributed by atoms with Crippen LogP contribution < -0.4 is 4.74 Å². The van der Waals surface area contributed by atoms with Crippen LogP contribution in [-0.2, 0) is 4.89 Å². The highest BCUT2D eigenvalue weighted by Crippen LogP contribution is 2.08. The number of ether oxygens (including phenoxy) is 1. The van der Waals surface area contributed by atoms with Crippen LogP contribution in [0.4, 0.5) is 0 Å². The molecule has 1 aromatic carbocycles. The molecule has 0 heterocycles. The number of unbranched alkanes of at least 4 members (excludes halogenated alkanes) is 1. The van der Waals surface area contributed by atoms with E-state index in [2.05, 4.69) is 4.89 Å². The lowest BCUT2D eigenvalue weighted by Crippen LogP contribution is -1.99. The normalized spacial score (nSPS) is 9.92. The molecule has 0 radical (unpaired) electrons. The maximum Gasteiger partial charge on any atom is 0.119 e. The Morgan fingerprint density at radius 1 is 1.00 bits per heavy atom. The van der Waals surface area contributed by atoms with E-state index in [0.29, 0.717) is 13.2 Å². The molecule has 0 aliphatic rings. The van der Waals surface area contributed by atoms with E-state index in [4.69, 9.17) is 9.99 Å². The van der Waals surface area contributed by atoms with Gasteiger partial charge in [-0.25, -0.2) is 4.89 Å². The highest BCUT2D eigenvalue weighted by Gasteiger charge is 1.91. The quantitative estimate of drug-likeness (QED) is 0.417. The Hall–Kier alpha value is -1.06. The summed E-state index contributed by atoms with van der Waals surface area (Å²) in [7, 11) is 0. The lowest BCUT2D eigenvalue weighted by Gasteiger charge is -2.04. The van der Waals surface area contributed by atoms with Crippen LogP contribution in [0.25, 0.3) is 0 Å². The van der Waals surface area contributed by atoms with Crippen LogP contribution in [0.15, 0.2) is 30.3 Å². The molecule has 3 nitrogen and oxygen atoms in total. The molecule has 0 fully saturated rings. The second-order valence-electron chi connectivity index (χ2n) is 2.70. The van der Waals surface area contributed by atoms with Gasteiger partial charge in [0.2, 0.25) is 0 Å². The average molecular weight is 182 g/mol. The van der Waals surface area contributed by atoms with E-state index >= 15 is 0 Å². The van der Waals surface area contributed by atoms with Gasteiger partial charge in [-0.15, -0.1) is 0 Å². The Morgan fingerprint density at radius 3 is 2.38 bits per heavy atom. The first-order valence-corrected chi connectivity index (χ1v) is 4.37. The minimum Gasteiger partial charge on any atom is -0.494 e. The summed E-state index contributed by atoms with van der Waals surface area (Å²) in [5.41, 5.74) is 0. The van der Waals surface area contributed by atoms with Crippen LogP contribution in [0.2, 0.25) is 0 Å². The van der Waals surface area contributed by atoms with Gasteiger partial charge in [0.1, 0.15) is 5.75 Å². The van der Waals surface area contributed by atoms with Crippen molar-refractivity contribution in [3.8, 4) is 5.75 Å². The zero-order chi connectivity index (χ0) is 9.36. The van der Waals surface area contributed by atoms with Crippen LogP contribution >= 0.6 is 0 Å². The van der Waals surface area contributed by atoms with Crippen molar-refractivity contribution in [3.63, 3.8) is 0 Å². The molecular formula is C10H14O3. The van der Waals surface area contributed by atoms with Crippen LogP contribution in [0.1, 0.15) is 12.8 Å². The zero-order valence-electron chi connectivity index (χ0n) is 7.48. The molecule has 1 rings (SSSR count). The predicted octanol–water partition coefficient (Wildman–Crippen LogP) is 2.34. The van der Waals surface area contributed by atoms with Gasteiger partial charge in [-0.2, -0.15) is 0 Å². The van der Waals surface area contributed by atoms with Crippen molar-refractivity contribution in [3.05, 3.63) is 30.3 Å². The highest BCUT2D eigenvalue weighted by atomic mass is 17.1. The average Bonchev–Trinajstić information content (AvgIpc) is 2.19. The van der Waals surface area contributed by atoms with Crippen molar-refractivity contribution < 1.29 is 14.9 Å². The van der Waals surface area contributed by atoms with E-state index in [9.17, 15) is 0 Å². The lowest BCUT2D eigenvalue weighted by molar-refractivity contribution is -0.242. The van der Waals surface area contributed by atoms with Gasteiger partial charge in [0.25, 0.3) is 0 Å². The van der Waals surface area contributed by atoms with E-state index in [-0.39, 0.29) is 0 Å². The molecule has 1 aromatic rings. The molecule has 0 aliphatic heterocycles. The predicted molar refractivity (Wildman–Crippen MR) is 49.8 cm³/mol. The second-order valence-corrected chi connectivity index (χ2v) is 2.70. The van der Waals surface area contributed by atoms with E-state index in [1.165, 1.54) is 0 Å². The molecule has 0 aromatic heterocycles. The van der Waals surface area contributed by atoms with Crippen molar-refractivity contribution in [2.24, 2.45) is 0 Å². The minimum atomic E-state index is 0.373. The molecule has 0 aliphatic carbocycles. The number of benzene rings is 1. The van der Waals surface area contributed by atoms with Crippen LogP contribution in [0.3, 0.4) is 0 Å². The molecule has 0 amide bonds. The van der Waals surface area contributed by atoms with Crippen molar-refractivity contribution >= 4 is 0 Å². The minimum absolute atomic E-state index is 0.373. The third kappa shape index (κ3) is 4.50. The Balaban J connectivity index is 2.07. The van der Waals surface area contributed by atoms with Crippen molar-refractivity contribution in [1.82, 2.24) is 0 Å². The summed E-state index contributed by atoms with van der Waals surface area (Å²) in [6, 6.07) is 9.66. The Morgan fingerprint density at radius 2 is 1.69 bits per heavy atom. The monoisotopic (exact) mass is 182 g/mol. The van der Waals surface area contributed by atoms with Gasteiger partial charge < -0.3 is 4.74 Å². The SMILES string of the molecule is OOCCCCOc1ccccc1. The molecule has 13 heavy (non-hydrogen) atoms. The van der Waals surface area contributed by atoms with Crippen LogP contribution in [0, 0.1) is 0 Å². The van der Waals surface area contributed by atoms with Crippen LogP contribution in [-0.4, -0.2) is 18.5 Å². The summed E-state index contributed by atoms with van der Waals surface area (Å²) in [5, 5.41) is 8.04. The smallest absolute Gasteiger partial charge is 0.119 e. The van der Waals surface area contributed by atoms with E-state index in [1.807, 2.05) is 30.3 Å². The molecule has 0 saturated heterocycles. The zero-order valence-corrected chi connectivity index (χ0v) is 7.48. The first-order valence-electron chi connectivity index (χ1n) is 4.37. The maximum atomic E-state index is 8.04. The third-order valence-electron chi connectivity index (χ3n) is 1.64. The van der Waals surface area contributed by atoms with Gasteiger partial charge in [0.05, 0.1) is 13.2 Å². The molecule has 1 N–H and O–H groups in total. The maximum absolute atomic E-state index is 8.04. The second kappa shape index (κ2) is 6.46. The summed E-state index contributed by atoms with van der Waals surface area (Å²) < 4.78 is 5.42. The summed E-state index contributed by atoms with van der Waals surface area (Å²) in [6.07, 6.45) is 1.69. The molecule has 0 unspecified atom stereocenters. The highest BCUT2D eigenvalue weighted by molar-refractivity contribution is 5.20. The fraction of sp³-hybridized carbons (Fsp3) is 0.400. The molecule has 0 atom stereocenters. The van der Waals surface area contributed by atoms with Crippen molar-refractivity contribution in [1.29, 1.82) is 0 Å². The fourth-order valence-electron chi connectivity index (χ4n) is 0.975. The fourth-order valence-corrected chi connectivity index (χ4v) is 0.975. The van der Waals surface area contributed by atoms with Crippen molar-refractivity contribution in [2.45, 2.75) is 12.8 Å². The molecule has 0 bridgehead atoms. The largest absolute Gasteiger partial charge is 0.494 e. The Kier molecular flexibility index (Phi) is 4.98. The third-order valence-corrected chi connectivity index (χ3v) is 1.64. The molecule has 0 saturated carbocycles. The number of rotatable bonds is 6. The first kappa shape index (κ1) is 10.0. The number of para-hydroxylation sites is 1. The van der Waals surface area contributed by atoms with Crippen LogP contribution in [0.5, 0.6) is 5.75 Å². The first-order chi connectivity index (χ1) is 6.43. The van der Waals surface area contributed by atoms with Gasteiger partial charge in [-0.1, -0.05) is 18.2 Å². The number of hydrogen-bond acceptors (Lipinski definition) is 3. The summed E-state index contributed by atoms with van der Waals surface area (Å²) in [6.45, 7) is 1.03. The summed E-state index contributed by atoms with van der Waals surface area (Å²) in [4.78, 5) is 3.94. The lowest BCUT2D eigenvalue weighted by atomic mass is 10.3. The topological polar surface area (TPSA) is 38.7 Å². The molecule has 3 heteroatoms. The molecule has 72 valence electrons. The van der Waals surface area contributed by atoms with Crippen molar-refractivity contribution in [2.75, 3.05) is 13.2 Å².